The van der Waals surface area contributed by atoms with Crippen molar-refractivity contribution in [1.29, 1.82) is 0 Å². The zero-order chi connectivity index (χ0) is 31.6. The van der Waals surface area contributed by atoms with E-state index in [4.69, 9.17) is 28.7 Å². The van der Waals surface area contributed by atoms with E-state index in [1.54, 1.807) is 18.7 Å². The molecule has 8 rings (SSSR count). The van der Waals surface area contributed by atoms with Crippen molar-refractivity contribution in [3.63, 3.8) is 0 Å². The summed E-state index contributed by atoms with van der Waals surface area (Å²) in [7, 11) is 0. The maximum absolute atomic E-state index is 12.8. The average Bonchev–Trinajstić information content (AvgIpc) is 3.69. The fourth-order valence-electron chi connectivity index (χ4n) is 11.8. The number of fused-ring (bicyclic) bond motifs is 8. The Kier molecular flexibility index (Phi) is 6.86. The minimum absolute atomic E-state index is 0.00347. The van der Waals surface area contributed by atoms with Crippen molar-refractivity contribution < 1.29 is 43.5 Å². The van der Waals surface area contributed by atoms with Crippen molar-refractivity contribution >= 4 is 29.9 Å². The molecule has 0 aromatic rings. The molecule has 0 amide bonds. The molecule has 2 N–H and O–H groups in total. The molecule has 0 bridgehead atoms. The van der Waals surface area contributed by atoms with Crippen LogP contribution in [0.5, 0.6) is 0 Å². The van der Waals surface area contributed by atoms with Gasteiger partial charge in [0.1, 0.15) is 6.10 Å². The van der Waals surface area contributed by atoms with Crippen LogP contribution in [0.1, 0.15) is 85.5 Å². The molecule has 1 spiro atoms. The van der Waals surface area contributed by atoms with E-state index < -0.39 is 39.0 Å². The van der Waals surface area contributed by atoms with Crippen LogP contribution in [0.2, 0.25) is 0 Å². The lowest BCUT2D eigenvalue weighted by Crippen LogP contribution is -2.78. The minimum Gasteiger partial charge on any atom is -0.465 e. The number of aliphatic imine (C=N–C) groups is 1. The first-order chi connectivity index (χ1) is 21.3. The van der Waals surface area contributed by atoms with Gasteiger partial charge in [-0.3, -0.25) is 9.79 Å². The quantitative estimate of drug-likeness (QED) is 0.344. The van der Waals surface area contributed by atoms with E-state index >= 15 is 0 Å². The van der Waals surface area contributed by atoms with E-state index in [1.165, 1.54) is 13.0 Å². The van der Waals surface area contributed by atoms with Crippen LogP contribution in [0.25, 0.3) is 0 Å². The van der Waals surface area contributed by atoms with Gasteiger partial charge in [0.15, 0.2) is 4.87 Å². The SMILES string of the molecule is CC(=O)OCC12CC3OC4(O)C(C)(OC(C)CC45N=CCS5)OC3CC1CCC1C2CCC2(C)C(C3C=CC(=O)O3)CCC12O. The summed E-state index contributed by atoms with van der Waals surface area (Å²) in [4.78, 5) is 28.2. The number of hydrogen-bond acceptors (Lipinski definition) is 11. The van der Waals surface area contributed by atoms with Gasteiger partial charge in [-0.15, -0.1) is 11.8 Å². The normalized spacial score (nSPS) is 56.2. The Labute approximate surface area is 269 Å². The molecule has 0 aromatic carbocycles. The monoisotopic (exact) mass is 645 g/mol. The van der Waals surface area contributed by atoms with Gasteiger partial charge in [0.05, 0.1) is 30.5 Å². The molecule has 4 aliphatic heterocycles. The number of thioether (sulfide) groups is 1. The molecule has 45 heavy (non-hydrogen) atoms. The molecule has 4 aliphatic carbocycles. The first-order valence-electron chi connectivity index (χ1n) is 17.0. The molecule has 10 nitrogen and oxygen atoms in total. The van der Waals surface area contributed by atoms with E-state index in [0.29, 0.717) is 31.4 Å². The van der Waals surface area contributed by atoms with Crippen molar-refractivity contribution in [3.05, 3.63) is 12.2 Å². The zero-order valence-electron chi connectivity index (χ0n) is 26.7. The van der Waals surface area contributed by atoms with Crippen LogP contribution in [0.4, 0.5) is 0 Å². The predicted octanol–water partition coefficient (Wildman–Crippen LogP) is 3.91. The summed E-state index contributed by atoms with van der Waals surface area (Å²) in [6.45, 7) is 7.68. The van der Waals surface area contributed by atoms with Crippen molar-refractivity contribution in [2.75, 3.05) is 12.4 Å². The molecule has 4 saturated carbocycles. The van der Waals surface area contributed by atoms with Crippen LogP contribution in [-0.2, 0) is 33.3 Å². The minimum atomic E-state index is -1.80. The summed E-state index contributed by atoms with van der Waals surface area (Å²) in [6, 6.07) is 0. The Balaban J connectivity index is 1.14. The van der Waals surface area contributed by atoms with Gasteiger partial charge in [-0.05, 0) is 89.0 Å². The standard InChI is InChI=1S/C34H47NO9S/c1-19-16-33(35-13-14-45-33)34(39)30(4,42-19)43-26-15-21-5-6-23-22(31(21,17-27(26)44-34)18-40-20(2)36)9-11-29(3)24(10-12-32(23,29)38)25-7-8-28(37)41-25/h7-8,13,19,21-27,38-39H,5-6,9-12,14-18H2,1-4H3. The molecule has 14 atom stereocenters. The zero-order valence-corrected chi connectivity index (χ0v) is 27.6. The lowest BCUT2D eigenvalue weighted by atomic mass is 9.42. The number of hydrogen-bond donors (Lipinski definition) is 2. The third-order valence-corrected chi connectivity index (χ3v) is 15.1. The second-order valence-corrected chi connectivity index (χ2v) is 17.0. The fraction of sp³-hybridized carbons (Fsp3) is 0.853. The second kappa shape index (κ2) is 10.0. The van der Waals surface area contributed by atoms with Gasteiger partial charge in [-0.25, -0.2) is 4.79 Å². The van der Waals surface area contributed by atoms with Crippen molar-refractivity contribution in [1.82, 2.24) is 0 Å². The topological polar surface area (TPSA) is 133 Å². The molecule has 11 heteroatoms. The van der Waals surface area contributed by atoms with E-state index in [-0.39, 0.29) is 60.5 Å². The van der Waals surface area contributed by atoms with Crippen LogP contribution < -0.4 is 0 Å². The Morgan fingerprint density at radius 3 is 2.56 bits per heavy atom. The smallest absolute Gasteiger partial charge is 0.331 e. The average molecular weight is 646 g/mol. The lowest BCUT2D eigenvalue weighted by molar-refractivity contribution is -0.490. The summed E-state index contributed by atoms with van der Waals surface area (Å²) >= 11 is 1.57. The summed E-state index contributed by atoms with van der Waals surface area (Å²) in [5.74, 6) is -2.79. The molecule has 8 aliphatic rings. The van der Waals surface area contributed by atoms with Crippen LogP contribution in [0.15, 0.2) is 17.1 Å². The summed E-state index contributed by atoms with van der Waals surface area (Å²) < 4.78 is 31.6. The van der Waals surface area contributed by atoms with E-state index in [2.05, 4.69) is 6.92 Å². The first kappa shape index (κ1) is 30.8. The molecule has 4 heterocycles. The number of cyclic esters (lactones) is 1. The number of esters is 2. The number of aliphatic hydroxyl groups is 2. The highest BCUT2D eigenvalue weighted by atomic mass is 32.2. The number of ether oxygens (including phenoxy) is 5. The Hall–Kier alpha value is -1.50. The van der Waals surface area contributed by atoms with E-state index in [0.717, 1.165) is 32.1 Å². The highest BCUT2D eigenvalue weighted by molar-refractivity contribution is 8.01. The summed E-state index contributed by atoms with van der Waals surface area (Å²) in [6.07, 6.45) is 10.6. The van der Waals surface area contributed by atoms with E-state index in [1.807, 2.05) is 19.2 Å². The predicted molar refractivity (Wildman–Crippen MR) is 164 cm³/mol. The fourth-order valence-corrected chi connectivity index (χ4v) is 13.2. The number of rotatable bonds is 3. The molecule has 2 saturated heterocycles. The maximum atomic E-state index is 12.8. The Morgan fingerprint density at radius 2 is 1.84 bits per heavy atom. The Bertz CT molecular complexity index is 1340. The molecular formula is C34H47NO9S. The number of carbonyl (C=O) groups excluding carboxylic acids is 2. The van der Waals surface area contributed by atoms with Crippen molar-refractivity contribution in [2.24, 2.45) is 39.5 Å². The maximum Gasteiger partial charge on any atom is 0.331 e. The highest BCUT2D eigenvalue weighted by Crippen LogP contribution is 2.71. The number of nitrogens with zero attached hydrogens (tertiary/aromatic N) is 1. The van der Waals surface area contributed by atoms with Crippen molar-refractivity contribution in [2.45, 2.75) is 132 Å². The molecule has 0 radical (unpaired) electrons. The molecule has 248 valence electrons. The third-order valence-electron chi connectivity index (χ3n) is 13.8. The van der Waals surface area contributed by atoms with Crippen LogP contribution in [0, 0.1) is 34.5 Å². The van der Waals surface area contributed by atoms with Gasteiger partial charge < -0.3 is 33.9 Å². The second-order valence-electron chi connectivity index (χ2n) is 15.7. The lowest BCUT2D eigenvalue weighted by Gasteiger charge is -2.67. The molecule has 14 unspecified atom stereocenters. The summed E-state index contributed by atoms with van der Waals surface area (Å²) in [5, 5.41) is 25.2. The van der Waals surface area contributed by atoms with Gasteiger partial charge in [0.25, 0.3) is 5.79 Å². The molecule has 0 aromatic heterocycles. The van der Waals surface area contributed by atoms with Crippen molar-refractivity contribution in [3.8, 4) is 0 Å². The molecule has 6 fully saturated rings. The van der Waals surface area contributed by atoms with E-state index in [9.17, 15) is 19.8 Å². The van der Waals surface area contributed by atoms with Gasteiger partial charge in [-0.2, -0.15) is 0 Å². The van der Waals surface area contributed by atoms with Crippen LogP contribution in [0.3, 0.4) is 0 Å². The largest absolute Gasteiger partial charge is 0.465 e. The molecular weight excluding hydrogens is 598 g/mol. The third kappa shape index (κ3) is 4.03. The highest BCUT2D eigenvalue weighted by Gasteiger charge is 2.75. The van der Waals surface area contributed by atoms with Crippen LogP contribution in [-0.4, -0.2) is 87.2 Å². The van der Waals surface area contributed by atoms with Gasteiger partial charge in [0, 0.05) is 48.1 Å². The van der Waals surface area contributed by atoms with Crippen LogP contribution >= 0.6 is 11.8 Å². The van der Waals surface area contributed by atoms with Gasteiger partial charge >= 0.3 is 11.9 Å². The van der Waals surface area contributed by atoms with Gasteiger partial charge in [-0.1, -0.05) is 6.92 Å². The Morgan fingerprint density at radius 1 is 1.04 bits per heavy atom. The summed E-state index contributed by atoms with van der Waals surface area (Å²) in [5.41, 5.74) is -1.77. The number of carbonyl (C=O) groups is 2. The first-order valence-corrected chi connectivity index (χ1v) is 17.9. The van der Waals surface area contributed by atoms with Gasteiger partial charge in [0.2, 0.25) is 5.79 Å².